The van der Waals surface area contributed by atoms with Gasteiger partial charge in [-0.3, -0.25) is 14.5 Å². The van der Waals surface area contributed by atoms with E-state index in [0.29, 0.717) is 31.2 Å². The van der Waals surface area contributed by atoms with Gasteiger partial charge in [-0.15, -0.1) is 11.3 Å². The number of amides is 1. The molecule has 1 amide bonds. The molecule has 2 aliphatic heterocycles. The number of carbonyl (C=O) groups is 2. The third-order valence-corrected chi connectivity index (χ3v) is 9.59. The lowest BCUT2D eigenvalue weighted by Gasteiger charge is -2.38. The van der Waals surface area contributed by atoms with E-state index in [2.05, 4.69) is 0 Å². The first kappa shape index (κ1) is 24.1. The molecule has 2 aliphatic rings. The number of nitrogens with zero attached hydrogens (tertiary/aromatic N) is 3. The lowest BCUT2D eigenvalue weighted by atomic mass is 10.2. The van der Waals surface area contributed by atoms with Crippen molar-refractivity contribution in [1.82, 2.24) is 0 Å². The fourth-order valence-electron chi connectivity index (χ4n) is 4.08. The van der Waals surface area contributed by atoms with Crippen LogP contribution in [0.3, 0.4) is 0 Å². The summed E-state index contributed by atoms with van der Waals surface area (Å²) in [4.78, 5) is 30.4. The Labute approximate surface area is 231 Å². The monoisotopic (exact) mass is 559 g/mol. The highest BCUT2D eigenvalue weighted by Gasteiger charge is 2.60. The average Bonchev–Trinajstić information content (AvgIpc) is 3.65. The molecule has 182 valence electrons. The summed E-state index contributed by atoms with van der Waals surface area (Å²) in [5.74, 6) is -0.330. The number of hydrazone groups is 1. The molecule has 1 atom stereocenters. The van der Waals surface area contributed by atoms with Crippen LogP contribution in [0.15, 0.2) is 112 Å². The highest BCUT2D eigenvalue weighted by atomic mass is 35.5. The van der Waals surface area contributed by atoms with Crippen LogP contribution >= 0.6 is 46.5 Å². The Morgan fingerprint density at radius 2 is 1.54 bits per heavy atom. The molecule has 5 nitrogen and oxygen atoms in total. The third-order valence-electron chi connectivity index (χ3n) is 5.75. The number of anilines is 2. The molecule has 0 saturated carbocycles. The second kappa shape index (κ2) is 9.87. The van der Waals surface area contributed by atoms with Crippen molar-refractivity contribution in [3.63, 3.8) is 0 Å². The number of halogens is 1. The summed E-state index contributed by atoms with van der Waals surface area (Å²) in [5, 5.41) is 9.35. The molecule has 1 saturated heterocycles. The number of para-hydroxylation sites is 1. The number of ketones is 1. The number of benzene rings is 3. The van der Waals surface area contributed by atoms with Crippen LogP contribution in [0.4, 0.5) is 11.4 Å². The van der Waals surface area contributed by atoms with Crippen molar-refractivity contribution in [2.24, 2.45) is 5.10 Å². The SMILES string of the molecule is O=C(C1=NN(c2ccc(Cl)cc2)[C@]2(S1)S/C(=C\c1ccccc1)C(=O)N2c1ccccc1)c1cccs1. The Hall–Kier alpha value is -3.30. The van der Waals surface area contributed by atoms with Crippen LogP contribution in [-0.4, -0.2) is 21.1 Å². The van der Waals surface area contributed by atoms with Crippen molar-refractivity contribution >= 4 is 80.6 Å². The van der Waals surface area contributed by atoms with E-state index in [9.17, 15) is 9.59 Å². The van der Waals surface area contributed by atoms with E-state index in [0.717, 1.165) is 5.56 Å². The molecule has 1 fully saturated rings. The molecule has 3 heterocycles. The number of carbonyl (C=O) groups excluding carboxylic acids is 2. The summed E-state index contributed by atoms with van der Waals surface area (Å²) in [5.41, 5.74) is 2.34. The fourth-order valence-corrected chi connectivity index (χ4v) is 7.87. The number of thioether (sulfide) groups is 2. The van der Waals surface area contributed by atoms with Gasteiger partial charge in [0.15, 0.2) is 5.04 Å². The molecule has 37 heavy (non-hydrogen) atoms. The maximum absolute atomic E-state index is 14.0. The lowest BCUT2D eigenvalue weighted by molar-refractivity contribution is -0.114. The normalized spacial score (nSPS) is 20.2. The molecule has 4 aromatic rings. The van der Waals surface area contributed by atoms with Crippen LogP contribution in [0.5, 0.6) is 0 Å². The van der Waals surface area contributed by atoms with Gasteiger partial charge < -0.3 is 0 Å². The van der Waals surface area contributed by atoms with Gasteiger partial charge in [-0.25, -0.2) is 5.01 Å². The van der Waals surface area contributed by atoms with E-state index < -0.39 is 4.33 Å². The molecule has 3 aromatic carbocycles. The van der Waals surface area contributed by atoms with Crippen LogP contribution in [0.2, 0.25) is 5.02 Å². The molecule has 6 rings (SSSR count). The van der Waals surface area contributed by atoms with Crippen LogP contribution in [0, 0.1) is 0 Å². The van der Waals surface area contributed by atoms with Crippen LogP contribution in [0.1, 0.15) is 15.2 Å². The van der Waals surface area contributed by atoms with Gasteiger partial charge in [-0.05, 0) is 71.2 Å². The molecule has 0 unspecified atom stereocenters. The van der Waals surface area contributed by atoms with Crippen LogP contribution in [-0.2, 0) is 4.79 Å². The minimum Gasteiger partial charge on any atom is -0.285 e. The highest BCUT2D eigenvalue weighted by Crippen LogP contribution is 2.59. The first-order valence-corrected chi connectivity index (χ1v) is 14.2. The van der Waals surface area contributed by atoms with Gasteiger partial charge in [-0.1, -0.05) is 78.0 Å². The largest absolute Gasteiger partial charge is 0.285 e. The smallest absolute Gasteiger partial charge is 0.268 e. The number of Topliss-reactive ketones (excluding diaryl/α,β-unsaturated/α-hetero) is 1. The number of hydrogen-bond donors (Lipinski definition) is 0. The molecule has 0 aliphatic carbocycles. The molecular weight excluding hydrogens is 542 g/mol. The third kappa shape index (κ3) is 4.40. The van der Waals surface area contributed by atoms with E-state index in [4.69, 9.17) is 16.7 Å². The molecule has 0 N–H and O–H groups in total. The second-order valence-electron chi connectivity index (χ2n) is 8.15. The highest BCUT2D eigenvalue weighted by molar-refractivity contribution is 8.29. The summed E-state index contributed by atoms with van der Waals surface area (Å²) in [6.45, 7) is 0. The minimum absolute atomic E-state index is 0.161. The van der Waals surface area contributed by atoms with Gasteiger partial charge in [0.1, 0.15) is 0 Å². The lowest BCUT2D eigenvalue weighted by Crippen LogP contribution is -2.51. The summed E-state index contributed by atoms with van der Waals surface area (Å²) >= 11 is 10.2. The van der Waals surface area contributed by atoms with E-state index in [1.54, 1.807) is 28.1 Å². The summed E-state index contributed by atoms with van der Waals surface area (Å²) in [6.07, 6.45) is 1.89. The van der Waals surface area contributed by atoms with Gasteiger partial charge in [0.05, 0.1) is 15.5 Å². The molecule has 0 radical (unpaired) electrons. The number of rotatable bonds is 5. The predicted octanol–water partition coefficient (Wildman–Crippen LogP) is 7.58. The summed E-state index contributed by atoms with van der Waals surface area (Å²) in [6, 6.07) is 30.1. The zero-order chi connectivity index (χ0) is 25.4. The zero-order valence-corrected chi connectivity index (χ0v) is 22.4. The Kier molecular flexibility index (Phi) is 6.42. The van der Waals surface area contributed by atoms with Crippen molar-refractivity contribution in [3.8, 4) is 0 Å². The molecular formula is C28H18ClN3O2S3. The molecule has 1 aromatic heterocycles. The van der Waals surface area contributed by atoms with Gasteiger partial charge in [0, 0.05) is 10.7 Å². The number of hydrogen-bond acceptors (Lipinski definition) is 7. The predicted molar refractivity (Wildman–Crippen MR) is 156 cm³/mol. The van der Waals surface area contributed by atoms with Crippen molar-refractivity contribution in [1.29, 1.82) is 0 Å². The van der Waals surface area contributed by atoms with Crippen molar-refractivity contribution < 1.29 is 9.59 Å². The first-order chi connectivity index (χ1) is 18.0. The zero-order valence-electron chi connectivity index (χ0n) is 19.2. The topological polar surface area (TPSA) is 53.0 Å². The quantitative estimate of drug-likeness (QED) is 0.186. The maximum Gasteiger partial charge on any atom is 0.268 e. The van der Waals surface area contributed by atoms with E-state index in [1.165, 1.54) is 34.9 Å². The van der Waals surface area contributed by atoms with Crippen molar-refractivity contribution in [2.75, 3.05) is 9.91 Å². The summed E-state index contributed by atoms with van der Waals surface area (Å²) < 4.78 is -1.09. The maximum atomic E-state index is 14.0. The number of thiophene rings is 1. The van der Waals surface area contributed by atoms with Crippen LogP contribution in [0.25, 0.3) is 6.08 Å². The van der Waals surface area contributed by atoms with E-state index in [-0.39, 0.29) is 11.7 Å². The van der Waals surface area contributed by atoms with E-state index in [1.807, 2.05) is 90.3 Å². The van der Waals surface area contributed by atoms with Crippen molar-refractivity contribution in [3.05, 3.63) is 123 Å². The van der Waals surface area contributed by atoms with Gasteiger partial charge in [0.25, 0.3) is 5.91 Å². The van der Waals surface area contributed by atoms with Gasteiger partial charge >= 0.3 is 0 Å². The standard InChI is InChI=1S/C28H18ClN3O2S3/c29-20-13-15-22(16-14-20)32-28(37-26(30-32)25(33)23-12-7-17-35-23)31(21-10-5-2-6-11-21)27(34)24(36-28)18-19-8-3-1-4-9-19/h1-18H/b24-18-/t28-/m0/s1. The molecule has 1 spiro atoms. The fraction of sp³-hybridized carbons (Fsp3) is 0.0357. The van der Waals surface area contributed by atoms with Gasteiger partial charge in [-0.2, -0.15) is 5.10 Å². The van der Waals surface area contributed by atoms with E-state index >= 15 is 0 Å². The minimum atomic E-state index is -1.09. The summed E-state index contributed by atoms with van der Waals surface area (Å²) in [7, 11) is 0. The Balaban J connectivity index is 1.52. The Bertz CT molecular complexity index is 1520. The first-order valence-electron chi connectivity index (χ1n) is 11.3. The molecule has 9 heteroatoms. The van der Waals surface area contributed by atoms with Gasteiger partial charge in [0.2, 0.25) is 10.1 Å². The Morgan fingerprint density at radius 3 is 2.22 bits per heavy atom. The second-order valence-corrected chi connectivity index (χ2v) is 12.2. The van der Waals surface area contributed by atoms with Crippen LogP contribution < -0.4 is 9.91 Å². The van der Waals surface area contributed by atoms with Crippen molar-refractivity contribution in [2.45, 2.75) is 4.33 Å². The molecule has 0 bridgehead atoms. The average molecular weight is 560 g/mol. The Morgan fingerprint density at radius 1 is 0.838 bits per heavy atom.